The number of hydrogen-bond donors (Lipinski definition) is 4. The molecule has 2 aliphatic heterocycles. The molecule has 0 radical (unpaired) electrons. The molecule has 1 atom stereocenters. The summed E-state index contributed by atoms with van der Waals surface area (Å²) in [6.07, 6.45) is 1.33. The van der Waals surface area contributed by atoms with Crippen LogP contribution in [0.4, 0.5) is 4.39 Å². The van der Waals surface area contributed by atoms with Gasteiger partial charge in [0, 0.05) is 44.8 Å². The first-order valence-corrected chi connectivity index (χ1v) is 17.1. The lowest BCUT2D eigenvalue weighted by atomic mass is 9.82. The van der Waals surface area contributed by atoms with Crippen molar-refractivity contribution in [2.24, 2.45) is 0 Å². The van der Waals surface area contributed by atoms with Gasteiger partial charge in [0.05, 0.1) is 28.4 Å². The van der Waals surface area contributed by atoms with Gasteiger partial charge in [0.15, 0.2) is 0 Å². The number of aliphatic hydroxyl groups excluding tert-OH is 1. The Labute approximate surface area is 278 Å². The molecule has 2 fully saturated rings. The van der Waals surface area contributed by atoms with Crippen LogP contribution in [0, 0.1) is 5.82 Å². The molecule has 3 heterocycles. The monoisotopic (exact) mass is 662 g/mol. The normalized spacial score (nSPS) is 17.7. The summed E-state index contributed by atoms with van der Waals surface area (Å²) in [6.45, 7) is 8.71. The number of thiazole rings is 1. The smallest absolute Gasteiger partial charge is 0.305 e. The Hall–Kier alpha value is -3.61. The summed E-state index contributed by atoms with van der Waals surface area (Å²) in [5.41, 5.74) is 2.73. The van der Waals surface area contributed by atoms with Crippen LogP contribution in [0.3, 0.4) is 0 Å². The Kier molecular flexibility index (Phi) is 9.82. The van der Waals surface area contributed by atoms with Gasteiger partial charge in [0.1, 0.15) is 17.1 Å². The van der Waals surface area contributed by atoms with E-state index in [4.69, 9.17) is 4.74 Å². The first kappa shape index (κ1) is 33.3. The third kappa shape index (κ3) is 7.44. The van der Waals surface area contributed by atoms with Crippen molar-refractivity contribution in [2.75, 3.05) is 45.9 Å². The number of phenolic OH excluding ortho intramolecular Hbond substituents is 1. The van der Waals surface area contributed by atoms with E-state index in [1.807, 2.05) is 55.1 Å². The zero-order valence-corrected chi connectivity index (χ0v) is 27.7. The van der Waals surface area contributed by atoms with Crippen molar-refractivity contribution in [3.63, 3.8) is 0 Å². The number of carbonyl (C=O) groups excluding carboxylic acids is 1. The standard InChI is InChI=1S/C36H43FN4O5S/c1-35(2,26-6-4-3-5-7-26)33(44)41-16-17-46-36(23-41)11-14-40(15-12-36)22-25-18-24(19-27(37)20-25)10-13-38-21-30(43)28-8-9-29(42)31-32(28)47-34(45)39-31/h3-9,18-20,30,38,42-43H,10-17,21-23H2,1-2H3,(H,39,45). The van der Waals surface area contributed by atoms with Crippen molar-refractivity contribution >= 4 is 27.5 Å². The molecule has 47 heavy (non-hydrogen) atoms. The number of aromatic nitrogens is 1. The highest BCUT2D eigenvalue weighted by atomic mass is 32.1. The average Bonchev–Trinajstić information content (AvgIpc) is 3.46. The van der Waals surface area contributed by atoms with Crippen molar-refractivity contribution < 1.29 is 24.1 Å². The number of piperidine rings is 1. The van der Waals surface area contributed by atoms with Crippen LogP contribution < -0.4 is 10.2 Å². The third-order valence-electron chi connectivity index (χ3n) is 9.63. The van der Waals surface area contributed by atoms with E-state index in [0.717, 1.165) is 54.0 Å². The highest BCUT2D eigenvalue weighted by Crippen LogP contribution is 2.34. The van der Waals surface area contributed by atoms with E-state index in [-0.39, 0.29) is 34.5 Å². The number of aromatic amines is 1. The number of amides is 1. The number of aromatic hydroxyl groups is 1. The van der Waals surface area contributed by atoms with Gasteiger partial charge in [-0.25, -0.2) is 4.39 Å². The summed E-state index contributed by atoms with van der Waals surface area (Å²) >= 11 is 0.955. The Morgan fingerprint density at radius 2 is 1.85 bits per heavy atom. The van der Waals surface area contributed by atoms with Gasteiger partial charge < -0.3 is 30.2 Å². The van der Waals surface area contributed by atoms with Gasteiger partial charge >= 0.3 is 4.87 Å². The Balaban J connectivity index is 0.997. The maximum atomic E-state index is 14.7. The van der Waals surface area contributed by atoms with Gasteiger partial charge in [0.2, 0.25) is 5.91 Å². The van der Waals surface area contributed by atoms with Gasteiger partial charge in [-0.05, 0) is 74.5 Å². The fraction of sp³-hybridized carbons (Fsp3) is 0.444. The number of H-pyrrole nitrogens is 1. The fourth-order valence-electron chi connectivity index (χ4n) is 6.91. The summed E-state index contributed by atoms with van der Waals surface area (Å²) in [6, 6.07) is 18.2. The highest BCUT2D eigenvalue weighted by molar-refractivity contribution is 7.16. The van der Waals surface area contributed by atoms with Crippen LogP contribution in [-0.2, 0) is 27.9 Å². The van der Waals surface area contributed by atoms with E-state index in [9.17, 15) is 24.2 Å². The van der Waals surface area contributed by atoms with E-state index in [1.165, 1.54) is 6.07 Å². The second-order valence-electron chi connectivity index (χ2n) is 13.4. The molecule has 1 amide bonds. The molecule has 250 valence electrons. The molecule has 1 spiro atoms. The molecule has 0 saturated carbocycles. The zero-order valence-electron chi connectivity index (χ0n) is 26.9. The van der Waals surface area contributed by atoms with Crippen LogP contribution >= 0.6 is 11.3 Å². The van der Waals surface area contributed by atoms with Crippen molar-refractivity contribution in [2.45, 2.75) is 56.8 Å². The Morgan fingerprint density at radius 3 is 2.62 bits per heavy atom. The predicted octanol–water partition coefficient (Wildman–Crippen LogP) is 4.47. The number of benzene rings is 3. The molecule has 2 aliphatic rings. The second-order valence-corrected chi connectivity index (χ2v) is 14.3. The third-order valence-corrected chi connectivity index (χ3v) is 10.6. The van der Waals surface area contributed by atoms with E-state index in [1.54, 1.807) is 18.2 Å². The van der Waals surface area contributed by atoms with Crippen LogP contribution in [0.5, 0.6) is 5.75 Å². The lowest BCUT2D eigenvalue weighted by Gasteiger charge is -2.48. The molecule has 0 aliphatic carbocycles. The molecular weight excluding hydrogens is 619 g/mol. The molecule has 4 N–H and O–H groups in total. The maximum Gasteiger partial charge on any atom is 0.305 e. The van der Waals surface area contributed by atoms with E-state index in [2.05, 4.69) is 15.2 Å². The number of nitrogens with zero attached hydrogens (tertiary/aromatic N) is 2. The van der Waals surface area contributed by atoms with Crippen molar-refractivity contribution in [1.29, 1.82) is 0 Å². The summed E-state index contributed by atoms with van der Waals surface area (Å²) in [4.78, 5) is 32.1. The second kappa shape index (κ2) is 13.9. The summed E-state index contributed by atoms with van der Waals surface area (Å²) < 4.78 is 21.5. The van der Waals surface area contributed by atoms with Crippen LogP contribution in [0.2, 0.25) is 0 Å². The van der Waals surface area contributed by atoms with Crippen LogP contribution in [0.1, 0.15) is 55.0 Å². The van der Waals surface area contributed by atoms with Gasteiger partial charge in [-0.3, -0.25) is 14.5 Å². The van der Waals surface area contributed by atoms with E-state index < -0.39 is 11.5 Å². The van der Waals surface area contributed by atoms with Crippen LogP contribution in [0.25, 0.3) is 10.2 Å². The van der Waals surface area contributed by atoms with E-state index in [0.29, 0.717) is 55.0 Å². The first-order valence-electron chi connectivity index (χ1n) is 16.3. The van der Waals surface area contributed by atoms with E-state index >= 15 is 0 Å². The van der Waals surface area contributed by atoms with Crippen LogP contribution in [-0.4, -0.2) is 82.4 Å². The number of hydrogen-bond acceptors (Lipinski definition) is 8. The number of nitrogens with one attached hydrogen (secondary N) is 2. The largest absolute Gasteiger partial charge is 0.506 e. The lowest BCUT2D eigenvalue weighted by Crippen LogP contribution is -2.60. The number of phenols is 1. The van der Waals surface area contributed by atoms with Crippen molar-refractivity contribution in [3.05, 3.63) is 98.4 Å². The van der Waals surface area contributed by atoms with Crippen molar-refractivity contribution in [3.8, 4) is 5.75 Å². The number of halogens is 1. The quantitative estimate of drug-likeness (QED) is 0.185. The molecule has 6 rings (SSSR count). The number of fused-ring (bicyclic) bond motifs is 1. The summed E-state index contributed by atoms with van der Waals surface area (Å²) in [7, 11) is 0. The van der Waals surface area contributed by atoms with Gasteiger partial charge in [-0.15, -0.1) is 0 Å². The summed E-state index contributed by atoms with van der Waals surface area (Å²) in [5, 5.41) is 24.0. The van der Waals surface area contributed by atoms with Crippen molar-refractivity contribution in [1.82, 2.24) is 20.1 Å². The maximum absolute atomic E-state index is 14.7. The zero-order chi connectivity index (χ0) is 33.2. The molecule has 0 bridgehead atoms. The molecule has 3 aromatic carbocycles. The molecule has 1 unspecified atom stereocenters. The summed E-state index contributed by atoms with van der Waals surface area (Å²) in [5.74, 6) is -0.176. The predicted molar refractivity (Wildman–Crippen MR) is 181 cm³/mol. The highest BCUT2D eigenvalue weighted by Gasteiger charge is 2.44. The molecule has 1 aromatic heterocycles. The number of rotatable bonds is 10. The van der Waals surface area contributed by atoms with Gasteiger partial charge in [0.25, 0.3) is 0 Å². The Morgan fingerprint density at radius 1 is 1.11 bits per heavy atom. The number of carbonyl (C=O) groups is 1. The molecular formula is C36H43FN4O5S. The number of ether oxygens (including phenoxy) is 1. The van der Waals surface area contributed by atoms with Gasteiger partial charge in [-0.1, -0.05) is 53.8 Å². The van der Waals surface area contributed by atoms with Crippen LogP contribution in [0.15, 0.2) is 65.5 Å². The molecule has 4 aromatic rings. The molecule has 2 saturated heterocycles. The lowest BCUT2D eigenvalue weighted by molar-refractivity contribution is -0.163. The fourth-order valence-corrected chi connectivity index (χ4v) is 7.83. The number of likely N-dealkylation sites (tertiary alicyclic amines) is 1. The topological polar surface area (TPSA) is 118 Å². The minimum Gasteiger partial charge on any atom is -0.506 e. The van der Waals surface area contributed by atoms with Gasteiger partial charge in [-0.2, -0.15) is 0 Å². The number of morpholine rings is 1. The molecule has 9 nitrogen and oxygen atoms in total. The minimum atomic E-state index is -0.872. The Bertz CT molecular complexity index is 1770. The SMILES string of the molecule is CC(C)(C(=O)N1CCOC2(CCN(Cc3cc(F)cc(CCNCC(O)c4ccc(O)c5[nH]c(=O)sc45)c3)CC2)C1)c1ccccc1. The number of aliphatic hydroxyl groups is 1. The minimum absolute atomic E-state index is 0.0302. The first-order chi connectivity index (χ1) is 22.5. The average molecular weight is 663 g/mol. The molecule has 11 heteroatoms.